The van der Waals surface area contributed by atoms with Crippen molar-refractivity contribution in [2.75, 3.05) is 32.8 Å². The summed E-state index contributed by atoms with van der Waals surface area (Å²) >= 11 is 0. The van der Waals surface area contributed by atoms with Crippen molar-refractivity contribution in [2.24, 2.45) is 0 Å². The highest BCUT2D eigenvalue weighted by Crippen LogP contribution is 2.22. The average Bonchev–Trinajstić information content (AvgIpc) is 3.02. The molecule has 1 saturated heterocycles. The third-order valence-electron chi connectivity index (χ3n) is 4.83. The van der Waals surface area contributed by atoms with Crippen LogP contribution in [0.15, 0.2) is 10.5 Å². The van der Waals surface area contributed by atoms with Crippen molar-refractivity contribution in [1.82, 2.24) is 9.80 Å². The minimum Gasteiger partial charge on any atom is -0.456 e. The van der Waals surface area contributed by atoms with E-state index in [1.54, 1.807) is 0 Å². The Balaban J connectivity index is 2.17. The molecule has 0 saturated carbocycles. The molecule has 5 heteroatoms. The molecular formula is C19H32N2O3. The van der Waals surface area contributed by atoms with Gasteiger partial charge in [0.15, 0.2) is 5.76 Å². The van der Waals surface area contributed by atoms with E-state index >= 15 is 0 Å². The third kappa shape index (κ3) is 4.39. The highest BCUT2D eigenvalue weighted by Gasteiger charge is 2.30. The smallest absolute Gasteiger partial charge is 0.289 e. The summed E-state index contributed by atoms with van der Waals surface area (Å²) in [6.45, 7) is 13.3. The van der Waals surface area contributed by atoms with Crippen LogP contribution in [0.2, 0.25) is 0 Å². The van der Waals surface area contributed by atoms with Gasteiger partial charge in [0.1, 0.15) is 5.76 Å². The second-order valence-corrected chi connectivity index (χ2v) is 6.39. The summed E-state index contributed by atoms with van der Waals surface area (Å²) in [5.74, 6) is 1.43. The van der Waals surface area contributed by atoms with Crippen molar-refractivity contribution in [3.63, 3.8) is 0 Å². The van der Waals surface area contributed by atoms with Gasteiger partial charge in [0.25, 0.3) is 5.91 Å². The lowest BCUT2D eigenvalue weighted by Gasteiger charge is -2.35. The topological polar surface area (TPSA) is 45.9 Å². The van der Waals surface area contributed by atoms with Gasteiger partial charge in [0.05, 0.1) is 19.3 Å². The standard InChI is InChI=1S/C19H32N2O3/c1-5-9-16-14-23-11-10-21(16)19(22)18-12-15(17(6-2)24-18)13-20(7-3)8-4/h12,16H,5-11,13-14H2,1-4H3/t16-/m0/s1. The molecule has 2 heterocycles. The fourth-order valence-electron chi connectivity index (χ4n) is 3.33. The normalized spacial score (nSPS) is 18.4. The van der Waals surface area contributed by atoms with Crippen LogP contribution in [-0.4, -0.2) is 54.6 Å². The number of hydrogen-bond acceptors (Lipinski definition) is 4. The van der Waals surface area contributed by atoms with E-state index in [1.165, 1.54) is 0 Å². The highest BCUT2D eigenvalue weighted by molar-refractivity contribution is 5.92. The first-order valence-electron chi connectivity index (χ1n) is 9.37. The van der Waals surface area contributed by atoms with Gasteiger partial charge in [-0.05, 0) is 25.6 Å². The SMILES string of the molecule is CCC[C@H]1COCCN1C(=O)c1cc(CN(CC)CC)c(CC)o1. The molecule has 0 radical (unpaired) electrons. The molecule has 24 heavy (non-hydrogen) atoms. The summed E-state index contributed by atoms with van der Waals surface area (Å²) in [6, 6.07) is 2.12. The Morgan fingerprint density at radius 1 is 1.29 bits per heavy atom. The van der Waals surface area contributed by atoms with Crippen molar-refractivity contribution >= 4 is 5.91 Å². The molecule has 0 unspecified atom stereocenters. The van der Waals surface area contributed by atoms with Gasteiger partial charge in [0.2, 0.25) is 0 Å². The Bertz CT molecular complexity index is 521. The van der Waals surface area contributed by atoms with Gasteiger partial charge in [-0.2, -0.15) is 0 Å². The Kier molecular flexibility index (Phi) is 7.31. The third-order valence-corrected chi connectivity index (χ3v) is 4.83. The second-order valence-electron chi connectivity index (χ2n) is 6.39. The molecule has 1 fully saturated rings. The zero-order valence-corrected chi connectivity index (χ0v) is 15.6. The van der Waals surface area contributed by atoms with Crippen LogP contribution < -0.4 is 0 Å². The first kappa shape index (κ1) is 19.0. The molecule has 1 aromatic heterocycles. The molecule has 0 bridgehead atoms. The Morgan fingerprint density at radius 2 is 2.04 bits per heavy atom. The van der Waals surface area contributed by atoms with Gasteiger partial charge in [0, 0.05) is 25.1 Å². The van der Waals surface area contributed by atoms with Gasteiger partial charge in [-0.1, -0.05) is 34.1 Å². The number of morpholine rings is 1. The van der Waals surface area contributed by atoms with E-state index in [-0.39, 0.29) is 11.9 Å². The largest absolute Gasteiger partial charge is 0.456 e. The number of hydrogen-bond donors (Lipinski definition) is 0. The first-order chi connectivity index (χ1) is 11.6. The van der Waals surface area contributed by atoms with Crippen molar-refractivity contribution in [3.05, 3.63) is 23.2 Å². The van der Waals surface area contributed by atoms with Crippen LogP contribution in [0.3, 0.4) is 0 Å². The molecule has 136 valence electrons. The zero-order valence-electron chi connectivity index (χ0n) is 15.6. The minimum atomic E-state index is 0.0113. The summed E-state index contributed by atoms with van der Waals surface area (Å²) < 4.78 is 11.5. The fraction of sp³-hybridized carbons (Fsp3) is 0.737. The number of carbonyl (C=O) groups excluding carboxylic acids is 1. The number of amides is 1. The summed E-state index contributed by atoms with van der Waals surface area (Å²) in [7, 11) is 0. The summed E-state index contributed by atoms with van der Waals surface area (Å²) in [5, 5.41) is 0. The molecule has 5 nitrogen and oxygen atoms in total. The van der Waals surface area contributed by atoms with Crippen LogP contribution in [0.4, 0.5) is 0 Å². The highest BCUT2D eigenvalue weighted by atomic mass is 16.5. The summed E-state index contributed by atoms with van der Waals surface area (Å²) in [4.78, 5) is 17.2. The number of furan rings is 1. The Labute approximate surface area is 145 Å². The van der Waals surface area contributed by atoms with E-state index in [4.69, 9.17) is 9.15 Å². The Hall–Kier alpha value is -1.33. The van der Waals surface area contributed by atoms with E-state index in [9.17, 15) is 4.79 Å². The molecule has 1 aliphatic heterocycles. The van der Waals surface area contributed by atoms with Gasteiger partial charge in [-0.15, -0.1) is 0 Å². The molecule has 2 rings (SSSR count). The number of nitrogens with zero attached hydrogens (tertiary/aromatic N) is 2. The van der Waals surface area contributed by atoms with Gasteiger partial charge in [-0.25, -0.2) is 0 Å². The van der Waals surface area contributed by atoms with Crippen molar-refractivity contribution in [2.45, 2.75) is 59.5 Å². The van der Waals surface area contributed by atoms with E-state index in [0.717, 1.165) is 50.2 Å². The maximum atomic E-state index is 13.0. The zero-order chi connectivity index (χ0) is 17.5. The lowest BCUT2D eigenvalue weighted by molar-refractivity contribution is -0.00592. The molecule has 1 aliphatic rings. The molecular weight excluding hydrogens is 304 g/mol. The first-order valence-corrected chi connectivity index (χ1v) is 9.37. The van der Waals surface area contributed by atoms with E-state index in [1.807, 2.05) is 11.0 Å². The molecule has 0 N–H and O–H groups in total. The lowest BCUT2D eigenvalue weighted by Crippen LogP contribution is -2.48. The van der Waals surface area contributed by atoms with Crippen molar-refractivity contribution in [1.29, 1.82) is 0 Å². The molecule has 0 aromatic carbocycles. The fourth-order valence-corrected chi connectivity index (χ4v) is 3.33. The maximum absolute atomic E-state index is 13.0. The number of rotatable bonds is 8. The van der Waals surface area contributed by atoms with Crippen LogP contribution in [-0.2, 0) is 17.7 Å². The van der Waals surface area contributed by atoms with Gasteiger partial charge >= 0.3 is 0 Å². The lowest BCUT2D eigenvalue weighted by atomic mass is 10.1. The molecule has 1 aromatic rings. The van der Waals surface area contributed by atoms with Crippen LogP contribution in [0.25, 0.3) is 0 Å². The van der Waals surface area contributed by atoms with Crippen molar-refractivity contribution in [3.8, 4) is 0 Å². The predicted molar refractivity (Wildman–Crippen MR) is 95.3 cm³/mol. The summed E-state index contributed by atoms with van der Waals surface area (Å²) in [5.41, 5.74) is 1.14. The average molecular weight is 336 g/mol. The molecule has 1 atom stereocenters. The minimum absolute atomic E-state index is 0.0113. The van der Waals surface area contributed by atoms with E-state index in [2.05, 4.69) is 32.6 Å². The second kappa shape index (κ2) is 9.23. The summed E-state index contributed by atoms with van der Waals surface area (Å²) in [6.07, 6.45) is 2.83. The van der Waals surface area contributed by atoms with Gasteiger partial charge < -0.3 is 14.1 Å². The van der Waals surface area contributed by atoms with E-state index in [0.29, 0.717) is 25.5 Å². The van der Waals surface area contributed by atoms with Gasteiger partial charge in [-0.3, -0.25) is 9.69 Å². The maximum Gasteiger partial charge on any atom is 0.289 e. The van der Waals surface area contributed by atoms with Crippen molar-refractivity contribution < 1.29 is 13.9 Å². The quantitative estimate of drug-likeness (QED) is 0.730. The molecule has 1 amide bonds. The monoisotopic (exact) mass is 336 g/mol. The number of aryl methyl sites for hydroxylation is 1. The van der Waals surface area contributed by atoms with Crippen LogP contribution in [0.1, 0.15) is 62.4 Å². The van der Waals surface area contributed by atoms with Crippen LogP contribution in [0.5, 0.6) is 0 Å². The van der Waals surface area contributed by atoms with Crippen LogP contribution in [0, 0.1) is 0 Å². The number of carbonyl (C=O) groups is 1. The van der Waals surface area contributed by atoms with Crippen LogP contribution >= 0.6 is 0 Å². The molecule has 0 spiro atoms. The Morgan fingerprint density at radius 3 is 2.67 bits per heavy atom. The number of ether oxygens (including phenoxy) is 1. The predicted octanol–water partition coefficient (Wildman–Crippen LogP) is 3.32. The molecule has 0 aliphatic carbocycles. The van der Waals surface area contributed by atoms with E-state index < -0.39 is 0 Å².